The molecule has 2 heterocycles. The van der Waals surface area contributed by atoms with Gasteiger partial charge in [0.05, 0.1) is 24.7 Å². The maximum absolute atomic E-state index is 12.1. The van der Waals surface area contributed by atoms with Gasteiger partial charge in [0.2, 0.25) is 5.88 Å². The molecule has 0 unspecified atom stereocenters. The number of carbonyl (C=O) groups excluding carboxylic acids is 1. The van der Waals surface area contributed by atoms with Gasteiger partial charge in [-0.25, -0.2) is 4.98 Å². The number of hydrogen-bond donors (Lipinski definition) is 0. The summed E-state index contributed by atoms with van der Waals surface area (Å²) in [6.07, 6.45) is 1.62. The van der Waals surface area contributed by atoms with Gasteiger partial charge in [-0.15, -0.1) is 0 Å². The normalized spacial score (nSPS) is 14.0. The Morgan fingerprint density at radius 1 is 1.25 bits per heavy atom. The van der Waals surface area contributed by atoms with Crippen molar-refractivity contribution in [3.8, 4) is 17.4 Å². The Hall–Kier alpha value is -2.28. The molecular weight excluding hydrogens is 376 g/mol. The third-order valence-corrected chi connectivity index (χ3v) is 4.23. The van der Waals surface area contributed by atoms with Crippen molar-refractivity contribution in [2.45, 2.75) is 6.10 Å². The Morgan fingerprint density at radius 2 is 2.00 bits per heavy atom. The fourth-order valence-corrected chi connectivity index (χ4v) is 2.65. The number of para-hydroxylation sites is 2. The lowest BCUT2D eigenvalue weighted by Gasteiger charge is -2.38. The number of nitrogens with zero attached hydrogens (tertiary/aromatic N) is 2. The molecule has 1 aromatic heterocycles. The molecule has 1 saturated heterocycles. The van der Waals surface area contributed by atoms with Gasteiger partial charge in [0, 0.05) is 6.20 Å². The highest BCUT2D eigenvalue weighted by molar-refractivity contribution is 9.10. The molecule has 2 aromatic rings. The smallest absolute Gasteiger partial charge is 0.260 e. The zero-order chi connectivity index (χ0) is 16.9. The average Bonchev–Trinajstić information content (AvgIpc) is 2.57. The first-order valence-electron chi connectivity index (χ1n) is 7.48. The Bertz CT molecular complexity index is 719. The van der Waals surface area contributed by atoms with E-state index in [1.807, 2.05) is 24.3 Å². The molecule has 0 spiro atoms. The van der Waals surface area contributed by atoms with E-state index in [4.69, 9.17) is 14.2 Å². The van der Waals surface area contributed by atoms with Crippen LogP contribution in [-0.4, -0.2) is 48.7 Å². The van der Waals surface area contributed by atoms with Gasteiger partial charge in [-0.2, -0.15) is 0 Å². The van der Waals surface area contributed by atoms with Crippen LogP contribution < -0.4 is 14.2 Å². The molecule has 0 radical (unpaired) electrons. The van der Waals surface area contributed by atoms with E-state index in [0.29, 0.717) is 30.5 Å². The summed E-state index contributed by atoms with van der Waals surface area (Å²) in [5.74, 6) is 1.62. The number of carbonyl (C=O) groups is 1. The minimum absolute atomic E-state index is 0.0274. The average molecular weight is 393 g/mol. The number of benzene rings is 1. The first-order valence-corrected chi connectivity index (χ1v) is 8.27. The van der Waals surface area contributed by atoms with Gasteiger partial charge in [0.15, 0.2) is 18.1 Å². The van der Waals surface area contributed by atoms with Crippen molar-refractivity contribution in [2.24, 2.45) is 0 Å². The Balaban J connectivity index is 1.46. The molecule has 24 heavy (non-hydrogen) atoms. The monoisotopic (exact) mass is 392 g/mol. The maximum Gasteiger partial charge on any atom is 0.260 e. The molecule has 1 aliphatic rings. The molecule has 1 aliphatic heterocycles. The van der Waals surface area contributed by atoms with Gasteiger partial charge in [-0.3, -0.25) is 4.79 Å². The van der Waals surface area contributed by atoms with E-state index in [1.54, 1.807) is 30.3 Å². The second-order valence-corrected chi connectivity index (χ2v) is 6.12. The molecule has 1 amide bonds. The van der Waals surface area contributed by atoms with E-state index in [0.717, 1.165) is 4.47 Å². The minimum Gasteiger partial charge on any atom is -0.493 e. The van der Waals surface area contributed by atoms with Crippen molar-refractivity contribution in [1.82, 2.24) is 9.88 Å². The first kappa shape index (κ1) is 16.6. The molecule has 126 valence electrons. The lowest BCUT2D eigenvalue weighted by molar-refractivity contribution is -0.142. The number of rotatable bonds is 6. The van der Waals surface area contributed by atoms with Gasteiger partial charge < -0.3 is 19.1 Å². The number of pyridine rings is 1. The Morgan fingerprint density at radius 3 is 2.71 bits per heavy atom. The highest BCUT2D eigenvalue weighted by Gasteiger charge is 2.33. The molecule has 3 rings (SSSR count). The van der Waals surface area contributed by atoms with Gasteiger partial charge in [-0.05, 0) is 40.2 Å². The Kier molecular flexibility index (Phi) is 5.20. The maximum atomic E-state index is 12.1. The molecule has 0 saturated carbocycles. The van der Waals surface area contributed by atoms with Crippen molar-refractivity contribution in [3.63, 3.8) is 0 Å². The third-order valence-electron chi connectivity index (χ3n) is 3.62. The second kappa shape index (κ2) is 7.53. The van der Waals surface area contributed by atoms with E-state index >= 15 is 0 Å². The number of methoxy groups -OCH3 is 1. The molecular formula is C17H17BrN2O4. The SMILES string of the molecule is COc1ccccc1OCC(=O)N1CC(Oc2ncccc2Br)C1. The summed E-state index contributed by atoms with van der Waals surface area (Å²) < 4.78 is 17.3. The fraction of sp³-hybridized carbons (Fsp3) is 0.294. The highest BCUT2D eigenvalue weighted by atomic mass is 79.9. The zero-order valence-corrected chi connectivity index (χ0v) is 14.7. The molecule has 0 bridgehead atoms. The number of halogens is 1. The van der Waals surface area contributed by atoms with E-state index in [1.165, 1.54) is 0 Å². The van der Waals surface area contributed by atoms with Gasteiger partial charge in [0.25, 0.3) is 5.91 Å². The number of amides is 1. The summed E-state index contributed by atoms with van der Waals surface area (Å²) in [7, 11) is 1.57. The predicted octanol–water partition coefficient (Wildman–Crippen LogP) is 2.52. The lowest BCUT2D eigenvalue weighted by atomic mass is 10.1. The molecule has 1 aromatic carbocycles. The number of hydrogen-bond acceptors (Lipinski definition) is 5. The van der Waals surface area contributed by atoms with Crippen molar-refractivity contribution >= 4 is 21.8 Å². The van der Waals surface area contributed by atoms with Crippen LogP contribution >= 0.6 is 15.9 Å². The molecule has 7 heteroatoms. The van der Waals surface area contributed by atoms with Gasteiger partial charge >= 0.3 is 0 Å². The summed E-state index contributed by atoms with van der Waals surface area (Å²) in [6, 6.07) is 10.9. The van der Waals surface area contributed by atoms with Crippen molar-refractivity contribution < 1.29 is 19.0 Å². The van der Waals surface area contributed by atoms with Crippen LogP contribution in [0.4, 0.5) is 0 Å². The largest absolute Gasteiger partial charge is 0.493 e. The van der Waals surface area contributed by atoms with Gasteiger partial charge in [0.1, 0.15) is 6.10 Å². The van der Waals surface area contributed by atoms with E-state index < -0.39 is 0 Å². The topological polar surface area (TPSA) is 60.9 Å². The van der Waals surface area contributed by atoms with Crippen molar-refractivity contribution in [3.05, 3.63) is 47.1 Å². The summed E-state index contributed by atoms with van der Waals surface area (Å²) in [4.78, 5) is 18.0. The summed E-state index contributed by atoms with van der Waals surface area (Å²) in [5.41, 5.74) is 0. The fourth-order valence-electron chi connectivity index (χ4n) is 2.30. The van der Waals surface area contributed by atoms with Crippen LogP contribution in [0.2, 0.25) is 0 Å². The van der Waals surface area contributed by atoms with Crippen LogP contribution in [0.15, 0.2) is 47.1 Å². The van der Waals surface area contributed by atoms with E-state index in [2.05, 4.69) is 20.9 Å². The van der Waals surface area contributed by atoms with E-state index in [-0.39, 0.29) is 18.6 Å². The zero-order valence-electron chi connectivity index (χ0n) is 13.1. The molecule has 0 N–H and O–H groups in total. The molecule has 0 aliphatic carbocycles. The number of ether oxygens (including phenoxy) is 3. The van der Waals surface area contributed by atoms with Crippen LogP contribution in [0.3, 0.4) is 0 Å². The summed E-state index contributed by atoms with van der Waals surface area (Å²) in [5, 5.41) is 0. The van der Waals surface area contributed by atoms with Crippen molar-refractivity contribution in [1.29, 1.82) is 0 Å². The molecule has 6 nitrogen and oxygen atoms in total. The third kappa shape index (κ3) is 3.79. The number of likely N-dealkylation sites (tertiary alicyclic amines) is 1. The highest BCUT2D eigenvalue weighted by Crippen LogP contribution is 2.27. The summed E-state index contributed by atoms with van der Waals surface area (Å²) >= 11 is 3.39. The van der Waals surface area contributed by atoms with E-state index in [9.17, 15) is 4.79 Å². The second-order valence-electron chi connectivity index (χ2n) is 5.27. The molecule has 0 atom stereocenters. The van der Waals surface area contributed by atoms with Crippen LogP contribution in [-0.2, 0) is 4.79 Å². The Labute approximate surface area is 148 Å². The predicted molar refractivity (Wildman–Crippen MR) is 91.4 cm³/mol. The number of aromatic nitrogens is 1. The van der Waals surface area contributed by atoms with Crippen molar-refractivity contribution in [2.75, 3.05) is 26.8 Å². The van der Waals surface area contributed by atoms with Crippen LogP contribution in [0.1, 0.15) is 0 Å². The van der Waals surface area contributed by atoms with Gasteiger partial charge in [-0.1, -0.05) is 12.1 Å². The van der Waals surface area contributed by atoms with Crippen LogP contribution in [0, 0.1) is 0 Å². The van der Waals surface area contributed by atoms with Crippen LogP contribution in [0.5, 0.6) is 17.4 Å². The molecule has 1 fully saturated rings. The minimum atomic E-state index is -0.0826. The first-order chi connectivity index (χ1) is 11.7. The summed E-state index contributed by atoms with van der Waals surface area (Å²) in [6.45, 7) is 1.02. The van der Waals surface area contributed by atoms with Crippen LogP contribution in [0.25, 0.3) is 0 Å². The quantitative estimate of drug-likeness (QED) is 0.755. The standard InChI is InChI=1S/C17H17BrN2O4/c1-22-14-6-2-3-7-15(14)23-11-16(21)20-9-12(10-20)24-17-13(18)5-4-8-19-17/h2-8,12H,9-11H2,1H3. The lowest BCUT2D eigenvalue weighted by Crippen LogP contribution is -2.57.